The summed E-state index contributed by atoms with van der Waals surface area (Å²) in [5.74, 6) is 0.816. The standard InChI is InChI=1S/C57H110O6/c1-6-7-8-9-10-11-12-13-19-22-27-32-37-42-47-55(58)61-50-54(63-57(60)49-44-39-34-29-24-26-31-36-41-46-53(4)5)51-62-56(59)48-43-38-33-28-23-20-17-15-14-16-18-21-25-30-35-40-45-52(2)3/h52-54H,6-51H2,1-5H3/t54-/m1/s1. The van der Waals surface area contributed by atoms with E-state index in [2.05, 4.69) is 34.6 Å². The van der Waals surface area contributed by atoms with Crippen LogP contribution in [0.1, 0.15) is 317 Å². The Morgan fingerprint density at radius 1 is 0.302 bits per heavy atom. The summed E-state index contributed by atoms with van der Waals surface area (Å²) in [6, 6.07) is 0. The Bertz CT molecular complexity index is 962. The van der Waals surface area contributed by atoms with Gasteiger partial charge in [-0.3, -0.25) is 14.4 Å². The molecule has 0 bridgehead atoms. The molecule has 0 saturated heterocycles. The summed E-state index contributed by atoms with van der Waals surface area (Å²) in [4.78, 5) is 38.1. The fraction of sp³-hybridized carbons (Fsp3) is 0.947. The van der Waals surface area contributed by atoms with E-state index in [0.717, 1.165) is 69.6 Å². The molecule has 0 rings (SSSR count). The molecule has 0 unspecified atom stereocenters. The fourth-order valence-corrected chi connectivity index (χ4v) is 8.70. The summed E-state index contributed by atoms with van der Waals surface area (Å²) in [5.41, 5.74) is 0. The van der Waals surface area contributed by atoms with Gasteiger partial charge in [-0.15, -0.1) is 0 Å². The molecule has 0 aromatic rings. The monoisotopic (exact) mass is 891 g/mol. The minimum atomic E-state index is -0.762. The van der Waals surface area contributed by atoms with Crippen molar-refractivity contribution in [2.75, 3.05) is 13.2 Å². The Labute approximate surface area is 393 Å². The summed E-state index contributed by atoms with van der Waals surface area (Å²) in [6.07, 6.45) is 52.4. The fourth-order valence-electron chi connectivity index (χ4n) is 8.70. The van der Waals surface area contributed by atoms with Crippen LogP contribution in [0, 0.1) is 11.8 Å². The summed E-state index contributed by atoms with van der Waals surface area (Å²) in [6.45, 7) is 11.4. The normalized spacial score (nSPS) is 12.0. The average Bonchev–Trinajstić information content (AvgIpc) is 3.25. The maximum atomic E-state index is 12.8. The van der Waals surface area contributed by atoms with Crippen molar-refractivity contribution in [3.05, 3.63) is 0 Å². The van der Waals surface area contributed by atoms with Gasteiger partial charge in [0.25, 0.3) is 0 Å². The maximum Gasteiger partial charge on any atom is 0.306 e. The highest BCUT2D eigenvalue weighted by Gasteiger charge is 2.19. The van der Waals surface area contributed by atoms with Gasteiger partial charge in [0.15, 0.2) is 6.10 Å². The topological polar surface area (TPSA) is 78.9 Å². The van der Waals surface area contributed by atoms with Crippen molar-refractivity contribution >= 4 is 17.9 Å². The maximum absolute atomic E-state index is 12.8. The molecule has 0 aromatic heterocycles. The molecule has 63 heavy (non-hydrogen) atoms. The third kappa shape index (κ3) is 51.3. The molecule has 0 saturated carbocycles. The third-order valence-corrected chi connectivity index (χ3v) is 13.0. The van der Waals surface area contributed by atoms with Crippen molar-refractivity contribution in [2.45, 2.75) is 323 Å². The zero-order chi connectivity index (χ0) is 46.1. The molecular formula is C57H110O6. The van der Waals surface area contributed by atoms with Crippen molar-refractivity contribution in [3.8, 4) is 0 Å². The second-order valence-electron chi connectivity index (χ2n) is 20.5. The second kappa shape index (κ2) is 49.8. The number of unbranched alkanes of at least 4 members (excludes halogenated alkanes) is 36. The van der Waals surface area contributed by atoms with Crippen molar-refractivity contribution in [1.82, 2.24) is 0 Å². The molecule has 6 nitrogen and oxygen atoms in total. The van der Waals surface area contributed by atoms with Crippen LogP contribution in [-0.4, -0.2) is 37.2 Å². The molecule has 0 aliphatic rings. The first kappa shape index (κ1) is 61.4. The van der Waals surface area contributed by atoms with E-state index in [0.29, 0.717) is 19.3 Å². The largest absolute Gasteiger partial charge is 0.462 e. The average molecular weight is 892 g/mol. The van der Waals surface area contributed by atoms with E-state index >= 15 is 0 Å². The van der Waals surface area contributed by atoms with Crippen LogP contribution in [0.3, 0.4) is 0 Å². The number of ether oxygens (including phenoxy) is 3. The molecular weight excluding hydrogens is 781 g/mol. The number of rotatable bonds is 51. The van der Waals surface area contributed by atoms with Crippen LogP contribution in [0.15, 0.2) is 0 Å². The number of carbonyl (C=O) groups is 3. The molecule has 1 atom stereocenters. The zero-order valence-corrected chi connectivity index (χ0v) is 43.2. The first-order valence-electron chi connectivity index (χ1n) is 28.2. The van der Waals surface area contributed by atoms with Crippen molar-refractivity contribution in [1.29, 1.82) is 0 Å². The Kier molecular flexibility index (Phi) is 48.6. The predicted molar refractivity (Wildman–Crippen MR) is 270 cm³/mol. The van der Waals surface area contributed by atoms with Gasteiger partial charge in [-0.25, -0.2) is 0 Å². The van der Waals surface area contributed by atoms with E-state index in [1.54, 1.807) is 0 Å². The minimum absolute atomic E-state index is 0.0632. The molecule has 0 aromatic carbocycles. The molecule has 0 radical (unpaired) electrons. The lowest BCUT2D eigenvalue weighted by molar-refractivity contribution is -0.167. The highest BCUT2D eigenvalue weighted by Crippen LogP contribution is 2.18. The third-order valence-electron chi connectivity index (χ3n) is 13.0. The molecule has 0 aliphatic heterocycles. The van der Waals surface area contributed by atoms with Gasteiger partial charge in [0.1, 0.15) is 13.2 Å². The summed E-state index contributed by atoms with van der Waals surface area (Å²) < 4.78 is 16.9. The molecule has 0 spiro atoms. The van der Waals surface area contributed by atoms with Crippen molar-refractivity contribution in [2.24, 2.45) is 11.8 Å². The summed E-state index contributed by atoms with van der Waals surface area (Å²) in [7, 11) is 0. The molecule has 0 aliphatic carbocycles. The number of esters is 3. The molecule has 0 fully saturated rings. The highest BCUT2D eigenvalue weighted by molar-refractivity contribution is 5.71. The molecule has 0 amide bonds. The number of hydrogen-bond donors (Lipinski definition) is 0. The minimum Gasteiger partial charge on any atom is -0.462 e. The lowest BCUT2D eigenvalue weighted by Crippen LogP contribution is -2.30. The zero-order valence-electron chi connectivity index (χ0n) is 43.2. The van der Waals surface area contributed by atoms with Crippen molar-refractivity contribution < 1.29 is 28.6 Å². The summed E-state index contributed by atoms with van der Waals surface area (Å²) in [5, 5.41) is 0. The Balaban J connectivity index is 4.25. The molecule has 374 valence electrons. The van der Waals surface area contributed by atoms with Crippen LogP contribution in [0.25, 0.3) is 0 Å². The van der Waals surface area contributed by atoms with Gasteiger partial charge in [0.05, 0.1) is 0 Å². The van der Waals surface area contributed by atoms with Gasteiger partial charge in [-0.05, 0) is 31.1 Å². The second-order valence-corrected chi connectivity index (χ2v) is 20.5. The first-order chi connectivity index (χ1) is 30.7. The van der Waals surface area contributed by atoms with Crippen LogP contribution < -0.4 is 0 Å². The Hall–Kier alpha value is -1.59. The van der Waals surface area contributed by atoms with Gasteiger partial charge in [0, 0.05) is 19.3 Å². The predicted octanol–water partition coefficient (Wildman–Crippen LogP) is 18.5. The van der Waals surface area contributed by atoms with Gasteiger partial charge in [-0.2, -0.15) is 0 Å². The highest BCUT2D eigenvalue weighted by atomic mass is 16.6. The molecule has 6 heteroatoms. The van der Waals surface area contributed by atoms with Gasteiger partial charge in [0.2, 0.25) is 0 Å². The van der Waals surface area contributed by atoms with E-state index in [-0.39, 0.29) is 31.1 Å². The summed E-state index contributed by atoms with van der Waals surface area (Å²) >= 11 is 0. The Morgan fingerprint density at radius 2 is 0.524 bits per heavy atom. The van der Waals surface area contributed by atoms with E-state index in [9.17, 15) is 14.4 Å². The van der Waals surface area contributed by atoms with Crippen LogP contribution >= 0.6 is 0 Å². The quantitative estimate of drug-likeness (QED) is 0.0344. The van der Waals surface area contributed by atoms with Crippen LogP contribution in [0.4, 0.5) is 0 Å². The van der Waals surface area contributed by atoms with E-state index in [4.69, 9.17) is 14.2 Å². The molecule has 0 N–H and O–H groups in total. The lowest BCUT2D eigenvalue weighted by Gasteiger charge is -2.18. The number of carbonyl (C=O) groups excluding carboxylic acids is 3. The van der Waals surface area contributed by atoms with E-state index < -0.39 is 6.10 Å². The number of hydrogen-bond acceptors (Lipinski definition) is 6. The first-order valence-corrected chi connectivity index (χ1v) is 28.2. The van der Waals surface area contributed by atoms with Crippen LogP contribution in [-0.2, 0) is 28.6 Å². The van der Waals surface area contributed by atoms with Crippen LogP contribution in [0.2, 0.25) is 0 Å². The SMILES string of the molecule is CCCCCCCCCCCCCCCCC(=O)OC[C@H](COC(=O)CCCCCCCCCCCCCCCCCCC(C)C)OC(=O)CCCCCCCCCCCC(C)C. The van der Waals surface area contributed by atoms with Gasteiger partial charge in [-0.1, -0.05) is 279 Å². The van der Waals surface area contributed by atoms with Gasteiger partial charge >= 0.3 is 17.9 Å². The molecule has 0 heterocycles. The van der Waals surface area contributed by atoms with Gasteiger partial charge < -0.3 is 14.2 Å². The van der Waals surface area contributed by atoms with E-state index in [1.807, 2.05) is 0 Å². The Morgan fingerprint density at radius 3 is 0.778 bits per heavy atom. The smallest absolute Gasteiger partial charge is 0.306 e. The van der Waals surface area contributed by atoms with Crippen molar-refractivity contribution in [3.63, 3.8) is 0 Å². The lowest BCUT2D eigenvalue weighted by atomic mass is 10.0. The van der Waals surface area contributed by atoms with E-state index in [1.165, 1.54) is 205 Å². The van der Waals surface area contributed by atoms with Crippen LogP contribution in [0.5, 0.6) is 0 Å².